The molecule has 0 spiro atoms. The smallest absolute Gasteiger partial charge is 0.240 e. The van der Waals surface area contributed by atoms with Gasteiger partial charge in [-0.25, -0.2) is 4.98 Å². The van der Waals surface area contributed by atoms with Crippen LogP contribution < -0.4 is 5.32 Å². The first-order chi connectivity index (χ1) is 15.8. The number of nitrogens with one attached hydrogen (secondary N) is 1. The summed E-state index contributed by atoms with van der Waals surface area (Å²) in [5.41, 5.74) is 10.3. The number of amides is 1. The van der Waals surface area contributed by atoms with Gasteiger partial charge in [0.2, 0.25) is 5.91 Å². The number of azide groups is 1. The highest BCUT2D eigenvalue weighted by Gasteiger charge is 2.14. The number of carbonyl (C=O) groups excluding carboxylic acids is 1. The average Bonchev–Trinajstić information content (AvgIpc) is 3.44. The Kier molecular flexibility index (Phi) is 10.4. The molecule has 2 aromatic rings. The van der Waals surface area contributed by atoms with Gasteiger partial charge in [0.1, 0.15) is 12.4 Å². The van der Waals surface area contributed by atoms with E-state index in [0.717, 1.165) is 23.4 Å². The molecule has 1 aliphatic rings. The minimum absolute atomic E-state index is 0.0300. The van der Waals surface area contributed by atoms with Crippen LogP contribution in [0.5, 0.6) is 0 Å². The highest BCUT2D eigenvalue weighted by molar-refractivity contribution is 5.81. The number of benzene rings is 1. The Bertz CT molecular complexity index is 880. The third-order valence-electron chi connectivity index (χ3n) is 6.65. The fourth-order valence-corrected chi connectivity index (χ4v) is 4.86. The normalized spacial score (nSPS) is 14.0. The lowest BCUT2D eigenvalue weighted by molar-refractivity contribution is -0.121. The second-order valence-electron chi connectivity index (χ2n) is 9.11. The van der Waals surface area contributed by atoms with Crippen LogP contribution in [0.4, 0.5) is 0 Å². The molecule has 0 unspecified atom stereocenters. The Hall–Kier alpha value is -2.53. The summed E-state index contributed by atoms with van der Waals surface area (Å²) in [6.07, 6.45) is 17.6. The maximum Gasteiger partial charge on any atom is 0.240 e. The monoisotopic (exact) mass is 438 g/mol. The number of fused-ring (bicyclic) bond motifs is 1. The molecule has 3 rings (SSSR count). The molecule has 32 heavy (non-hydrogen) atoms. The maximum atomic E-state index is 12.4. The zero-order valence-corrected chi connectivity index (χ0v) is 19.3. The highest BCUT2D eigenvalue weighted by Crippen LogP contribution is 2.29. The van der Waals surface area contributed by atoms with Crippen LogP contribution in [0.2, 0.25) is 0 Å². The Morgan fingerprint density at radius 1 is 1.06 bits per heavy atom. The van der Waals surface area contributed by atoms with Crippen molar-refractivity contribution >= 4 is 16.9 Å². The number of nitrogens with zero attached hydrogens (tertiary/aromatic N) is 5. The molecule has 1 amide bonds. The number of unbranched alkanes of at least 4 members (excludes halogenated alkanes) is 7. The predicted octanol–water partition coefficient (Wildman–Crippen LogP) is 6.66. The topological polar surface area (TPSA) is 95.7 Å². The Balaban J connectivity index is 1.25. The summed E-state index contributed by atoms with van der Waals surface area (Å²) in [6, 6.07) is 7.67. The fourth-order valence-electron chi connectivity index (χ4n) is 4.86. The van der Waals surface area contributed by atoms with Gasteiger partial charge in [0.15, 0.2) is 0 Å². The van der Waals surface area contributed by atoms with E-state index in [2.05, 4.69) is 20.3 Å². The van der Waals surface area contributed by atoms with Crippen molar-refractivity contribution in [3.63, 3.8) is 0 Å². The lowest BCUT2D eigenvalue weighted by atomic mass is 9.99. The molecule has 7 heteroatoms. The van der Waals surface area contributed by atoms with E-state index in [9.17, 15) is 4.79 Å². The Morgan fingerprint density at radius 3 is 2.50 bits per heavy atom. The molecule has 0 saturated heterocycles. The SMILES string of the molecule is [N-]=[N+]=NCc1nc2ccccc2n1CC(=O)NCCCCCCCCCCC1CCCC1. The van der Waals surface area contributed by atoms with Crippen molar-refractivity contribution in [2.45, 2.75) is 96.6 Å². The van der Waals surface area contributed by atoms with E-state index in [-0.39, 0.29) is 19.0 Å². The van der Waals surface area contributed by atoms with E-state index >= 15 is 0 Å². The van der Waals surface area contributed by atoms with E-state index in [1.165, 1.54) is 77.0 Å². The van der Waals surface area contributed by atoms with Crippen molar-refractivity contribution in [2.75, 3.05) is 6.54 Å². The summed E-state index contributed by atoms with van der Waals surface area (Å²) in [5.74, 6) is 1.62. The quantitative estimate of drug-likeness (QED) is 0.145. The third-order valence-corrected chi connectivity index (χ3v) is 6.65. The highest BCUT2D eigenvalue weighted by atomic mass is 16.1. The van der Waals surface area contributed by atoms with Crippen LogP contribution >= 0.6 is 0 Å². The summed E-state index contributed by atoms with van der Waals surface area (Å²) in [7, 11) is 0. The molecule has 1 saturated carbocycles. The largest absolute Gasteiger partial charge is 0.355 e. The van der Waals surface area contributed by atoms with Gasteiger partial charge >= 0.3 is 0 Å². The molecule has 1 N–H and O–H groups in total. The van der Waals surface area contributed by atoms with Gasteiger partial charge in [-0.3, -0.25) is 4.79 Å². The van der Waals surface area contributed by atoms with Gasteiger partial charge in [-0.05, 0) is 30.0 Å². The minimum atomic E-state index is -0.0300. The van der Waals surface area contributed by atoms with Crippen molar-refractivity contribution < 1.29 is 4.79 Å². The van der Waals surface area contributed by atoms with Gasteiger partial charge in [0, 0.05) is 11.5 Å². The first-order valence-electron chi connectivity index (χ1n) is 12.5. The van der Waals surface area contributed by atoms with Gasteiger partial charge in [0.05, 0.1) is 17.6 Å². The van der Waals surface area contributed by atoms with Crippen LogP contribution in [0.25, 0.3) is 21.5 Å². The van der Waals surface area contributed by atoms with E-state index in [4.69, 9.17) is 5.53 Å². The Labute approximate surface area is 191 Å². The number of carbonyl (C=O) groups is 1. The summed E-state index contributed by atoms with van der Waals surface area (Å²) in [6.45, 7) is 1.04. The van der Waals surface area contributed by atoms with Crippen LogP contribution in [0.1, 0.15) is 89.3 Å². The molecule has 0 radical (unpaired) electrons. The first kappa shape index (κ1) is 24.1. The van der Waals surface area contributed by atoms with Crippen molar-refractivity contribution in [1.29, 1.82) is 0 Å². The molecule has 1 aromatic carbocycles. The zero-order chi connectivity index (χ0) is 22.4. The van der Waals surface area contributed by atoms with Crippen molar-refractivity contribution in [2.24, 2.45) is 11.0 Å². The first-order valence-corrected chi connectivity index (χ1v) is 12.5. The zero-order valence-electron chi connectivity index (χ0n) is 19.3. The predicted molar refractivity (Wildman–Crippen MR) is 129 cm³/mol. The molecule has 0 aliphatic heterocycles. The summed E-state index contributed by atoms with van der Waals surface area (Å²) in [4.78, 5) is 19.8. The molecule has 0 bridgehead atoms. The molecule has 0 atom stereocenters. The van der Waals surface area contributed by atoms with Crippen molar-refractivity contribution in [3.05, 3.63) is 40.5 Å². The molecular weight excluding hydrogens is 400 g/mol. The Morgan fingerprint density at radius 2 is 1.75 bits per heavy atom. The number of para-hydroxylation sites is 2. The molecule has 1 fully saturated rings. The molecule has 174 valence electrons. The molecule has 7 nitrogen and oxygen atoms in total. The van der Waals surface area contributed by atoms with Gasteiger partial charge in [-0.15, -0.1) is 0 Å². The van der Waals surface area contributed by atoms with Gasteiger partial charge in [-0.1, -0.05) is 94.3 Å². The number of hydrogen-bond donors (Lipinski definition) is 1. The van der Waals surface area contributed by atoms with Crippen LogP contribution in [-0.4, -0.2) is 22.0 Å². The standard InChI is InChI=1S/C25H38N6O/c26-30-28-19-24-29-22-16-10-11-17-23(22)31(24)20-25(32)27-18-12-6-4-2-1-3-5-7-13-21-14-8-9-15-21/h10-11,16-17,21H,1-9,12-15,18-20H2,(H,27,32). The minimum Gasteiger partial charge on any atom is -0.355 e. The van der Waals surface area contributed by atoms with Crippen molar-refractivity contribution in [3.8, 4) is 0 Å². The molecule has 1 aliphatic carbocycles. The second kappa shape index (κ2) is 13.8. The fraction of sp³-hybridized carbons (Fsp3) is 0.680. The molecule has 1 heterocycles. The number of aromatic nitrogens is 2. The molecule has 1 aromatic heterocycles. The van der Waals surface area contributed by atoms with E-state index in [1.54, 1.807) is 0 Å². The average molecular weight is 439 g/mol. The lowest BCUT2D eigenvalue weighted by Gasteiger charge is -2.09. The van der Waals surface area contributed by atoms with Crippen LogP contribution in [-0.2, 0) is 17.9 Å². The van der Waals surface area contributed by atoms with Gasteiger partial charge < -0.3 is 9.88 Å². The van der Waals surface area contributed by atoms with Crippen LogP contribution in [0.15, 0.2) is 29.4 Å². The van der Waals surface area contributed by atoms with Crippen LogP contribution in [0.3, 0.4) is 0 Å². The van der Waals surface area contributed by atoms with E-state index in [0.29, 0.717) is 12.4 Å². The number of rotatable bonds is 15. The summed E-state index contributed by atoms with van der Waals surface area (Å²) in [5, 5.41) is 6.64. The van der Waals surface area contributed by atoms with E-state index in [1.807, 2.05) is 28.8 Å². The number of imidazole rings is 1. The van der Waals surface area contributed by atoms with Gasteiger partial charge in [0.25, 0.3) is 0 Å². The maximum absolute atomic E-state index is 12.4. The van der Waals surface area contributed by atoms with Crippen LogP contribution in [0, 0.1) is 5.92 Å². The molecular formula is C25H38N6O. The van der Waals surface area contributed by atoms with Gasteiger partial charge in [-0.2, -0.15) is 0 Å². The van der Waals surface area contributed by atoms with Crippen molar-refractivity contribution in [1.82, 2.24) is 14.9 Å². The second-order valence-corrected chi connectivity index (χ2v) is 9.11. The lowest BCUT2D eigenvalue weighted by Crippen LogP contribution is -2.29. The summed E-state index contributed by atoms with van der Waals surface area (Å²) < 4.78 is 1.84. The van der Waals surface area contributed by atoms with E-state index < -0.39 is 0 Å². The summed E-state index contributed by atoms with van der Waals surface area (Å²) >= 11 is 0. The third kappa shape index (κ3) is 7.86. The number of hydrogen-bond acceptors (Lipinski definition) is 3.